The molecule has 0 unspecified atom stereocenters. The monoisotopic (exact) mass is 346 g/mol. The van der Waals surface area contributed by atoms with Crippen LogP contribution in [0.4, 0.5) is 5.69 Å². The lowest BCUT2D eigenvalue weighted by atomic mass is 10.2. The zero-order chi connectivity index (χ0) is 17.1. The lowest BCUT2D eigenvalue weighted by molar-refractivity contribution is 0.102. The molecule has 4 rings (SSSR count). The summed E-state index contributed by atoms with van der Waals surface area (Å²) in [5, 5.41) is 2.91. The van der Waals surface area contributed by atoms with Gasteiger partial charge in [-0.25, -0.2) is 4.98 Å². The number of amides is 1. The molecule has 1 amide bonds. The van der Waals surface area contributed by atoms with Crippen LogP contribution in [-0.2, 0) is 0 Å². The van der Waals surface area contributed by atoms with E-state index in [0.29, 0.717) is 11.3 Å². The molecule has 0 aliphatic heterocycles. The second kappa shape index (κ2) is 6.75. The predicted octanol–water partition coefficient (Wildman–Crippen LogP) is 5.34. The largest absolute Gasteiger partial charge is 0.457 e. The zero-order valence-corrected chi connectivity index (χ0v) is 14.0. The molecule has 1 heterocycles. The van der Waals surface area contributed by atoms with Crippen LogP contribution in [0.15, 0.2) is 78.3 Å². The third-order valence-corrected chi connectivity index (χ3v) is 4.48. The Bertz CT molecular complexity index is 1010. The summed E-state index contributed by atoms with van der Waals surface area (Å²) in [4.78, 5) is 16.6. The van der Waals surface area contributed by atoms with Crippen LogP contribution in [0.3, 0.4) is 0 Å². The molecule has 0 aliphatic carbocycles. The van der Waals surface area contributed by atoms with Gasteiger partial charge in [0.25, 0.3) is 5.91 Å². The van der Waals surface area contributed by atoms with E-state index in [2.05, 4.69) is 10.3 Å². The first kappa shape index (κ1) is 15.4. The number of nitrogens with zero attached hydrogens (tertiary/aromatic N) is 1. The summed E-state index contributed by atoms with van der Waals surface area (Å²) in [5.41, 5.74) is 4.06. The molecular formula is C20H14N2O2S. The molecule has 0 bridgehead atoms. The number of hydrogen-bond donors (Lipinski definition) is 1. The summed E-state index contributed by atoms with van der Waals surface area (Å²) in [6.45, 7) is 0. The van der Waals surface area contributed by atoms with Gasteiger partial charge in [0, 0.05) is 11.3 Å². The predicted molar refractivity (Wildman–Crippen MR) is 101 cm³/mol. The molecule has 1 aromatic heterocycles. The first-order chi connectivity index (χ1) is 12.3. The number of nitrogens with one attached hydrogen (secondary N) is 1. The van der Waals surface area contributed by atoms with Crippen molar-refractivity contribution in [3.8, 4) is 11.5 Å². The molecule has 0 spiro atoms. The van der Waals surface area contributed by atoms with Crippen LogP contribution in [0.1, 0.15) is 10.4 Å². The van der Waals surface area contributed by atoms with Crippen molar-refractivity contribution in [3.63, 3.8) is 0 Å². The van der Waals surface area contributed by atoms with Gasteiger partial charge in [-0.15, -0.1) is 11.3 Å². The molecule has 0 saturated carbocycles. The average molecular weight is 346 g/mol. The number of thiazole rings is 1. The summed E-state index contributed by atoms with van der Waals surface area (Å²) >= 11 is 1.55. The summed E-state index contributed by atoms with van der Waals surface area (Å²) < 4.78 is 6.78. The van der Waals surface area contributed by atoms with Crippen molar-refractivity contribution in [2.45, 2.75) is 0 Å². The Balaban J connectivity index is 1.46. The maximum absolute atomic E-state index is 12.4. The summed E-state index contributed by atoms with van der Waals surface area (Å²) in [6, 6.07) is 22.3. The van der Waals surface area contributed by atoms with Crippen molar-refractivity contribution >= 4 is 33.1 Å². The maximum Gasteiger partial charge on any atom is 0.255 e. The number of fused-ring (bicyclic) bond motifs is 1. The first-order valence-electron chi connectivity index (χ1n) is 7.75. The van der Waals surface area contributed by atoms with Crippen LogP contribution in [0.5, 0.6) is 11.5 Å². The van der Waals surface area contributed by atoms with Crippen LogP contribution < -0.4 is 10.1 Å². The minimum absolute atomic E-state index is 0.157. The number of aromatic nitrogens is 1. The SMILES string of the molecule is O=C(Nc1ccc2ncsc2c1)c1ccc(Oc2ccccc2)cc1. The van der Waals surface area contributed by atoms with Crippen LogP contribution in [0, 0.1) is 0 Å². The average Bonchev–Trinajstić information content (AvgIpc) is 3.11. The molecule has 1 N–H and O–H groups in total. The van der Waals surface area contributed by atoms with E-state index in [4.69, 9.17) is 4.74 Å². The van der Waals surface area contributed by atoms with E-state index in [1.165, 1.54) is 0 Å². The normalized spacial score (nSPS) is 10.6. The lowest BCUT2D eigenvalue weighted by Gasteiger charge is -2.08. The lowest BCUT2D eigenvalue weighted by Crippen LogP contribution is -2.11. The highest BCUT2D eigenvalue weighted by molar-refractivity contribution is 7.16. The zero-order valence-electron chi connectivity index (χ0n) is 13.2. The molecule has 4 aromatic rings. The van der Waals surface area contributed by atoms with Crippen molar-refractivity contribution in [1.29, 1.82) is 0 Å². The topological polar surface area (TPSA) is 51.2 Å². The van der Waals surface area contributed by atoms with Gasteiger partial charge in [-0.2, -0.15) is 0 Å². The number of carbonyl (C=O) groups excluding carboxylic acids is 1. The van der Waals surface area contributed by atoms with Gasteiger partial charge < -0.3 is 10.1 Å². The van der Waals surface area contributed by atoms with Crippen LogP contribution in [-0.4, -0.2) is 10.9 Å². The number of ether oxygens (including phenoxy) is 1. The highest BCUT2D eigenvalue weighted by atomic mass is 32.1. The maximum atomic E-state index is 12.4. The van der Waals surface area contributed by atoms with E-state index in [9.17, 15) is 4.79 Å². The Morgan fingerprint density at radius 3 is 2.48 bits per heavy atom. The molecular weight excluding hydrogens is 332 g/mol. The van der Waals surface area contributed by atoms with Gasteiger partial charge in [0.2, 0.25) is 0 Å². The van der Waals surface area contributed by atoms with Gasteiger partial charge in [0.05, 0.1) is 15.7 Å². The molecule has 0 radical (unpaired) electrons. The Hall–Kier alpha value is -3.18. The molecule has 5 heteroatoms. The second-order valence-electron chi connectivity index (χ2n) is 5.43. The van der Waals surface area contributed by atoms with E-state index >= 15 is 0 Å². The van der Waals surface area contributed by atoms with E-state index < -0.39 is 0 Å². The van der Waals surface area contributed by atoms with Gasteiger partial charge >= 0.3 is 0 Å². The fourth-order valence-electron chi connectivity index (χ4n) is 2.44. The van der Waals surface area contributed by atoms with Crippen molar-refractivity contribution in [2.24, 2.45) is 0 Å². The molecule has 0 atom stereocenters. The molecule has 0 saturated heterocycles. The van der Waals surface area contributed by atoms with Crippen LogP contribution >= 0.6 is 11.3 Å². The molecule has 0 aliphatic rings. The van der Waals surface area contributed by atoms with Gasteiger partial charge in [-0.05, 0) is 54.6 Å². The van der Waals surface area contributed by atoms with E-state index in [1.54, 1.807) is 41.1 Å². The second-order valence-corrected chi connectivity index (χ2v) is 6.31. The van der Waals surface area contributed by atoms with Gasteiger partial charge in [0.1, 0.15) is 11.5 Å². The Morgan fingerprint density at radius 2 is 1.68 bits per heavy atom. The van der Waals surface area contributed by atoms with Gasteiger partial charge in [-0.1, -0.05) is 18.2 Å². The van der Waals surface area contributed by atoms with Crippen molar-refractivity contribution in [2.75, 3.05) is 5.32 Å². The number of hydrogen-bond acceptors (Lipinski definition) is 4. The third kappa shape index (κ3) is 3.51. The smallest absolute Gasteiger partial charge is 0.255 e. The molecule has 3 aromatic carbocycles. The Kier molecular flexibility index (Phi) is 4.14. The highest BCUT2D eigenvalue weighted by Crippen LogP contribution is 2.23. The summed E-state index contributed by atoms with van der Waals surface area (Å²) in [7, 11) is 0. The Morgan fingerprint density at radius 1 is 0.920 bits per heavy atom. The minimum Gasteiger partial charge on any atom is -0.457 e. The Labute approximate surface area is 148 Å². The molecule has 122 valence electrons. The van der Waals surface area contributed by atoms with Gasteiger partial charge in [0.15, 0.2) is 0 Å². The van der Waals surface area contributed by atoms with Crippen molar-refractivity contribution in [3.05, 3.63) is 83.9 Å². The number of benzene rings is 3. The van der Waals surface area contributed by atoms with Crippen LogP contribution in [0.2, 0.25) is 0 Å². The summed E-state index contributed by atoms with van der Waals surface area (Å²) in [5.74, 6) is 1.29. The fraction of sp³-hybridized carbons (Fsp3) is 0. The van der Waals surface area contributed by atoms with E-state index in [1.807, 2.05) is 48.5 Å². The van der Waals surface area contributed by atoms with Crippen molar-refractivity contribution < 1.29 is 9.53 Å². The number of carbonyl (C=O) groups is 1. The molecule has 4 nitrogen and oxygen atoms in total. The molecule has 25 heavy (non-hydrogen) atoms. The third-order valence-electron chi connectivity index (χ3n) is 3.68. The first-order valence-corrected chi connectivity index (χ1v) is 8.63. The number of rotatable bonds is 4. The highest BCUT2D eigenvalue weighted by Gasteiger charge is 2.08. The van der Waals surface area contributed by atoms with Crippen LogP contribution in [0.25, 0.3) is 10.2 Å². The van der Waals surface area contributed by atoms with E-state index in [0.717, 1.165) is 21.7 Å². The minimum atomic E-state index is -0.157. The van der Waals surface area contributed by atoms with Gasteiger partial charge in [-0.3, -0.25) is 4.79 Å². The standard InChI is InChI=1S/C20H14N2O2S/c23-20(22-15-8-11-18-19(12-15)25-13-21-18)14-6-9-17(10-7-14)24-16-4-2-1-3-5-16/h1-13H,(H,22,23). The fourth-order valence-corrected chi connectivity index (χ4v) is 3.15. The summed E-state index contributed by atoms with van der Waals surface area (Å²) in [6.07, 6.45) is 0. The molecule has 0 fully saturated rings. The van der Waals surface area contributed by atoms with Crippen molar-refractivity contribution in [1.82, 2.24) is 4.98 Å². The quantitative estimate of drug-likeness (QED) is 0.542. The van der Waals surface area contributed by atoms with E-state index in [-0.39, 0.29) is 5.91 Å². The number of anilines is 1. The number of para-hydroxylation sites is 1.